The molecule has 1 N–H and O–H groups in total. The summed E-state index contributed by atoms with van der Waals surface area (Å²) in [5, 5.41) is 4.37. The van der Waals surface area contributed by atoms with Gasteiger partial charge < -0.3 is 9.32 Å². The number of aromatic nitrogens is 1. The number of amides is 2. The van der Waals surface area contributed by atoms with E-state index in [1.54, 1.807) is 17.0 Å². The van der Waals surface area contributed by atoms with Crippen LogP contribution in [0, 0.1) is 5.92 Å². The summed E-state index contributed by atoms with van der Waals surface area (Å²) < 4.78 is 5.19. The first-order valence-electron chi connectivity index (χ1n) is 7.23. The summed E-state index contributed by atoms with van der Waals surface area (Å²) in [6.45, 7) is 3.62. The number of nitrogens with zero attached hydrogens (tertiary/aromatic N) is 2. The molecule has 0 radical (unpaired) electrons. The third kappa shape index (κ3) is 3.19. The SMILES string of the molecule is CC1CCCN(C(=O)c2coc(NC(=O)c3cccs3)n2)C1. The molecule has 1 aliphatic heterocycles. The minimum atomic E-state index is -0.289. The molecule has 0 saturated carbocycles. The normalized spacial score (nSPS) is 18.2. The Morgan fingerprint density at radius 3 is 3.09 bits per heavy atom. The highest BCUT2D eigenvalue weighted by molar-refractivity contribution is 7.12. The van der Waals surface area contributed by atoms with Crippen LogP contribution in [0.2, 0.25) is 0 Å². The van der Waals surface area contributed by atoms with Crippen molar-refractivity contribution in [3.63, 3.8) is 0 Å². The fraction of sp³-hybridized carbons (Fsp3) is 0.400. The molecule has 0 aliphatic carbocycles. The van der Waals surface area contributed by atoms with Crippen LogP contribution in [0.25, 0.3) is 0 Å². The molecule has 1 unspecified atom stereocenters. The number of piperidine rings is 1. The second-order valence-corrected chi connectivity index (χ2v) is 6.42. The summed E-state index contributed by atoms with van der Waals surface area (Å²) in [6, 6.07) is 3.55. The first kappa shape index (κ1) is 14.8. The predicted octanol–water partition coefficient (Wildman–Crippen LogP) is 2.86. The van der Waals surface area contributed by atoms with Crippen LogP contribution < -0.4 is 5.32 Å². The number of oxazole rings is 1. The van der Waals surface area contributed by atoms with E-state index in [1.165, 1.54) is 17.6 Å². The molecule has 6 nitrogen and oxygen atoms in total. The molecular formula is C15H17N3O3S. The quantitative estimate of drug-likeness (QED) is 0.944. The van der Waals surface area contributed by atoms with Crippen LogP contribution >= 0.6 is 11.3 Å². The molecule has 1 fully saturated rings. The average molecular weight is 319 g/mol. The number of rotatable bonds is 3. The van der Waals surface area contributed by atoms with E-state index in [2.05, 4.69) is 17.2 Å². The van der Waals surface area contributed by atoms with Gasteiger partial charge in [0.15, 0.2) is 5.69 Å². The number of likely N-dealkylation sites (tertiary alicyclic amines) is 1. The Kier molecular flexibility index (Phi) is 4.24. The molecule has 1 atom stereocenters. The lowest BCUT2D eigenvalue weighted by Crippen LogP contribution is -2.39. The topological polar surface area (TPSA) is 75.4 Å². The van der Waals surface area contributed by atoms with Crippen LogP contribution in [0.3, 0.4) is 0 Å². The van der Waals surface area contributed by atoms with Crippen molar-refractivity contribution >= 4 is 29.2 Å². The largest absolute Gasteiger partial charge is 0.431 e. The zero-order valence-electron chi connectivity index (χ0n) is 12.2. The van der Waals surface area contributed by atoms with Crippen LogP contribution in [-0.2, 0) is 0 Å². The molecule has 22 heavy (non-hydrogen) atoms. The molecule has 2 aromatic heterocycles. The van der Waals surface area contributed by atoms with E-state index >= 15 is 0 Å². The lowest BCUT2D eigenvalue weighted by Gasteiger charge is -2.30. The molecule has 1 aliphatic rings. The molecule has 0 spiro atoms. The van der Waals surface area contributed by atoms with Gasteiger partial charge in [0.1, 0.15) is 6.26 Å². The number of carbonyl (C=O) groups is 2. The molecule has 2 aromatic rings. The molecule has 116 valence electrons. The van der Waals surface area contributed by atoms with Crippen LogP contribution in [0.1, 0.15) is 39.9 Å². The van der Waals surface area contributed by atoms with Crippen molar-refractivity contribution in [2.75, 3.05) is 18.4 Å². The second kappa shape index (κ2) is 6.31. The fourth-order valence-corrected chi connectivity index (χ4v) is 3.15. The molecule has 0 aromatic carbocycles. The predicted molar refractivity (Wildman–Crippen MR) is 83.1 cm³/mol. The van der Waals surface area contributed by atoms with Gasteiger partial charge in [-0.05, 0) is 30.2 Å². The van der Waals surface area contributed by atoms with Gasteiger partial charge in [0.2, 0.25) is 0 Å². The van der Waals surface area contributed by atoms with Gasteiger partial charge in [0.05, 0.1) is 4.88 Å². The summed E-state index contributed by atoms with van der Waals surface area (Å²) in [7, 11) is 0. The van der Waals surface area contributed by atoms with Gasteiger partial charge >= 0.3 is 6.01 Å². The van der Waals surface area contributed by atoms with Crippen LogP contribution in [0.15, 0.2) is 28.2 Å². The second-order valence-electron chi connectivity index (χ2n) is 5.47. The Morgan fingerprint density at radius 1 is 1.50 bits per heavy atom. The van der Waals surface area contributed by atoms with E-state index in [-0.39, 0.29) is 23.5 Å². The molecule has 3 heterocycles. The summed E-state index contributed by atoms with van der Waals surface area (Å²) >= 11 is 1.33. The highest BCUT2D eigenvalue weighted by Gasteiger charge is 2.24. The van der Waals surface area contributed by atoms with Crippen molar-refractivity contribution in [2.24, 2.45) is 5.92 Å². The zero-order valence-corrected chi connectivity index (χ0v) is 13.1. The molecule has 2 amide bonds. The molecule has 7 heteroatoms. The maximum Gasteiger partial charge on any atom is 0.302 e. The van der Waals surface area contributed by atoms with Crippen molar-refractivity contribution < 1.29 is 14.0 Å². The lowest BCUT2D eigenvalue weighted by molar-refractivity contribution is 0.0677. The smallest absolute Gasteiger partial charge is 0.302 e. The monoisotopic (exact) mass is 319 g/mol. The molecule has 3 rings (SSSR count). The van der Waals surface area contributed by atoms with Crippen LogP contribution in [0.5, 0.6) is 0 Å². The minimum absolute atomic E-state index is 0.0480. The zero-order chi connectivity index (χ0) is 15.5. The Balaban J connectivity index is 1.65. The number of hydrogen-bond acceptors (Lipinski definition) is 5. The maximum atomic E-state index is 12.4. The number of anilines is 1. The number of nitrogens with one attached hydrogen (secondary N) is 1. The Hall–Kier alpha value is -2.15. The van der Waals surface area contributed by atoms with Crippen LogP contribution in [0.4, 0.5) is 6.01 Å². The number of carbonyl (C=O) groups excluding carboxylic acids is 2. The first-order chi connectivity index (χ1) is 10.6. The average Bonchev–Trinajstić information content (AvgIpc) is 3.18. The lowest BCUT2D eigenvalue weighted by atomic mass is 10.0. The molecule has 0 bridgehead atoms. The van der Waals surface area contributed by atoms with Gasteiger partial charge in [-0.1, -0.05) is 13.0 Å². The van der Waals surface area contributed by atoms with E-state index in [1.807, 2.05) is 5.38 Å². The van der Waals surface area contributed by atoms with Crippen molar-refractivity contribution in [3.8, 4) is 0 Å². The number of hydrogen-bond donors (Lipinski definition) is 1. The fourth-order valence-electron chi connectivity index (χ4n) is 2.53. The van der Waals surface area contributed by atoms with Gasteiger partial charge in [-0.25, -0.2) is 0 Å². The summed E-state index contributed by atoms with van der Waals surface area (Å²) in [5.41, 5.74) is 0.232. The van der Waals surface area contributed by atoms with Crippen molar-refractivity contribution in [1.82, 2.24) is 9.88 Å². The van der Waals surface area contributed by atoms with Gasteiger partial charge in [-0.15, -0.1) is 11.3 Å². The summed E-state index contributed by atoms with van der Waals surface area (Å²) in [5.74, 6) is 0.0666. The summed E-state index contributed by atoms with van der Waals surface area (Å²) in [6.07, 6.45) is 3.45. The highest BCUT2D eigenvalue weighted by atomic mass is 32.1. The van der Waals surface area contributed by atoms with Gasteiger partial charge in [0.25, 0.3) is 11.8 Å². The molecule has 1 saturated heterocycles. The van der Waals surface area contributed by atoms with Crippen LogP contribution in [-0.4, -0.2) is 34.8 Å². The Bertz CT molecular complexity index is 665. The molecular weight excluding hydrogens is 302 g/mol. The van der Waals surface area contributed by atoms with Gasteiger partial charge in [0, 0.05) is 13.1 Å². The van der Waals surface area contributed by atoms with E-state index in [9.17, 15) is 9.59 Å². The third-order valence-electron chi connectivity index (χ3n) is 3.63. The van der Waals surface area contributed by atoms with Gasteiger partial charge in [-0.2, -0.15) is 4.98 Å². The van der Waals surface area contributed by atoms with E-state index in [0.29, 0.717) is 10.8 Å². The van der Waals surface area contributed by atoms with E-state index < -0.39 is 0 Å². The first-order valence-corrected chi connectivity index (χ1v) is 8.11. The maximum absolute atomic E-state index is 12.4. The van der Waals surface area contributed by atoms with E-state index in [4.69, 9.17) is 4.42 Å². The minimum Gasteiger partial charge on any atom is -0.431 e. The standard InChI is InChI=1S/C15H17N3O3S/c1-10-4-2-6-18(8-10)14(20)11-9-21-15(16-11)17-13(19)12-5-3-7-22-12/h3,5,7,9-10H,2,4,6,8H2,1H3,(H,16,17,19). The summed E-state index contributed by atoms with van der Waals surface area (Å²) in [4.78, 5) is 30.7. The van der Waals surface area contributed by atoms with E-state index in [0.717, 1.165) is 25.9 Å². The van der Waals surface area contributed by atoms with Crippen molar-refractivity contribution in [2.45, 2.75) is 19.8 Å². The number of thiophene rings is 1. The Morgan fingerprint density at radius 2 is 2.36 bits per heavy atom. The third-order valence-corrected chi connectivity index (χ3v) is 4.50. The Labute approximate surface area is 132 Å². The highest BCUT2D eigenvalue weighted by Crippen LogP contribution is 2.19. The van der Waals surface area contributed by atoms with Crippen molar-refractivity contribution in [3.05, 3.63) is 34.3 Å². The van der Waals surface area contributed by atoms with Gasteiger partial charge in [-0.3, -0.25) is 14.9 Å². The van der Waals surface area contributed by atoms with Crippen molar-refractivity contribution in [1.29, 1.82) is 0 Å².